The van der Waals surface area contributed by atoms with Crippen molar-refractivity contribution < 1.29 is 4.74 Å². The van der Waals surface area contributed by atoms with Gasteiger partial charge in [0.25, 0.3) is 0 Å². The van der Waals surface area contributed by atoms with Gasteiger partial charge in [-0.3, -0.25) is 4.90 Å². The van der Waals surface area contributed by atoms with Crippen LogP contribution in [-0.2, 0) is 11.3 Å². The zero-order valence-corrected chi connectivity index (χ0v) is 14.7. The minimum Gasteiger partial charge on any atom is -0.379 e. The third-order valence-corrected chi connectivity index (χ3v) is 4.51. The number of rotatable bonds is 6. The molecule has 1 aromatic carbocycles. The van der Waals surface area contributed by atoms with E-state index in [1.807, 2.05) is 12.1 Å². The highest BCUT2D eigenvalue weighted by atomic mass is 16.5. The van der Waals surface area contributed by atoms with Gasteiger partial charge in [-0.15, -0.1) is 10.2 Å². The summed E-state index contributed by atoms with van der Waals surface area (Å²) in [5.74, 6) is 0.633. The summed E-state index contributed by atoms with van der Waals surface area (Å²) in [6, 6.07) is 8.32. The summed E-state index contributed by atoms with van der Waals surface area (Å²) >= 11 is 0. The minimum absolute atomic E-state index is 0.129. The van der Waals surface area contributed by atoms with Crippen LogP contribution in [0.1, 0.15) is 19.4 Å². The fourth-order valence-electron chi connectivity index (χ4n) is 3.39. The first-order valence-corrected chi connectivity index (χ1v) is 8.39. The number of likely N-dealkylation sites (N-methyl/N-ethyl adjacent to an activating group) is 1. The van der Waals surface area contributed by atoms with Crippen LogP contribution in [0.15, 0.2) is 24.3 Å². The summed E-state index contributed by atoms with van der Waals surface area (Å²) in [4.78, 5) is 4.88. The quantitative estimate of drug-likeness (QED) is 0.863. The minimum atomic E-state index is 0.129. The first kappa shape index (κ1) is 17.0. The molecule has 0 spiro atoms. The van der Waals surface area contributed by atoms with Crippen LogP contribution in [0, 0.1) is 0 Å². The van der Waals surface area contributed by atoms with E-state index >= 15 is 0 Å². The van der Waals surface area contributed by atoms with Crippen LogP contribution in [0.3, 0.4) is 0 Å². The number of hydrogen-bond acceptors (Lipinski definition) is 6. The van der Waals surface area contributed by atoms with E-state index in [2.05, 4.69) is 63.5 Å². The third kappa shape index (κ3) is 4.17. The topological polar surface area (TPSA) is 70.2 Å². The first-order valence-electron chi connectivity index (χ1n) is 8.39. The Balaban J connectivity index is 1.62. The molecule has 1 aliphatic rings. The fourth-order valence-corrected chi connectivity index (χ4v) is 3.39. The van der Waals surface area contributed by atoms with Crippen molar-refractivity contribution in [3.8, 4) is 11.4 Å². The molecule has 7 nitrogen and oxygen atoms in total. The van der Waals surface area contributed by atoms with Gasteiger partial charge in [-0.1, -0.05) is 18.2 Å². The van der Waals surface area contributed by atoms with Gasteiger partial charge in [0.15, 0.2) is 0 Å². The lowest BCUT2D eigenvalue weighted by atomic mass is 10.0. The highest BCUT2D eigenvalue weighted by Crippen LogP contribution is 2.20. The normalized spacial score (nSPS) is 16.7. The van der Waals surface area contributed by atoms with Crippen molar-refractivity contribution in [1.82, 2.24) is 30.4 Å². The average Bonchev–Trinajstić information content (AvgIpc) is 3.10. The van der Waals surface area contributed by atoms with Gasteiger partial charge in [-0.05, 0) is 37.7 Å². The Morgan fingerprint density at radius 1 is 1.29 bits per heavy atom. The Kier molecular flexibility index (Phi) is 5.23. The molecule has 0 radical (unpaired) electrons. The van der Waals surface area contributed by atoms with Gasteiger partial charge < -0.3 is 9.64 Å². The summed E-state index contributed by atoms with van der Waals surface area (Å²) < 4.78 is 5.47. The number of morpholine rings is 1. The van der Waals surface area contributed by atoms with Crippen LogP contribution in [-0.4, -0.2) is 75.9 Å². The predicted octanol–water partition coefficient (Wildman–Crippen LogP) is 1.41. The van der Waals surface area contributed by atoms with E-state index < -0.39 is 0 Å². The molecule has 1 saturated heterocycles. The van der Waals surface area contributed by atoms with Gasteiger partial charge in [0.05, 0.1) is 13.2 Å². The molecule has 24 heavy (non-hydrogen) atoms. The summed E-state index contributed by atoms with van der Waals surface area (Å²) in [7, 11) is 2.17. The highest BCUT2D eigenvalue weighted by Gasteiger charge is 2.29. The smallest absolute Gasteiger partial charge is 0.204 e. The summed E-state index contributed by atoms with van der Waals surface area (Å²) in [5.41, 5.74) is 2.36. The molecule has 1 N–H and O–H groups in total. The Hall–Kier alpha value is -1.83. The standard InChI is InChI=1S/C17H26N6O/c1-17(2,23-7-9-24-10-8-23)13-22(3)12-14-5-4-6-15(11-14)16-18-20-21-19-16/h4-6,11H,7-10,12-13H2,1-3H3,(H,18,19,20,21). The zero-order valence-electron chi connectivity index (χ0n) is 14.7. The molecule has 0 amide bonds. The maximum absolute atomic E-state index is 5.47. The summed E-state index contributed by atoms with van der Waals surface area (Å²) in [5, 5.41) is 14.2. The number of nitrogens with zero attached hydrogens (tertiary/aromatic N) is 5. The van der Waals surface area contributed by atoms with E-state index in [1.165, 1.54) is 5.56 Å². The molecule has 1 fully saturated rings. The van der Waals surface area contributed by atoms with E-state index in [0.717, 1.165) is 45.0 Å². The van der Waals surface area contributed by atoms with Gasteiger partial charge in [-0.25, -0.2) is 0 Å². The predicted molar refractivity (Wildman–Crippen MR) is 92.4 cm³/mol. The van der Waals surface area contributed by atoms with Crippen molar-refractivity contribution in [3.63, 3.8) is 0 Å². The molecule has 0 bridgehead atoms. The number of H-pyrrole nitrogens is 1. The largest absolute Gasteiger partial charge is 0.379 e. The number of nitrogens with one attached hydrogen (secondary N) is 1. The molecule has 0 atom stereocenters. The highest BCUT2D eigenvalue weighted by molar-refractivity contribution is 5.54. The second-order valence-electron chi connectivity index (χ2n) is 7.02. The lowest BCUT2D eigenvalue weighted by Gasteiger charge is -2.42. The van der Waals surface area contributed by atoms with Crippen molar-refractivity contribution in [3.05, 3.63) is 29.8 Å². The number of aromatic amines is 1. The number of aromatic nitrogens is 4. The Morgan fingerprint density at radius 2 is 2.08 bits per heavy atom. The second-order valence-corrected chi connectivity index (χ2v) is 7.02. The van der Waals surface area contributed by atoms with Crippen LogP contribution >= 0.6 is 0 Å². The van der Waals surface area contributed by atoms with Gasteiger partial charge in [-0.2, -0.15) is 5.21 Å². The molecule has 2 heterocycles. The molecule has 2 aromatic rings. The third-order valence-electron chi connectivity index (χ3n) is 4.51. The molecule has 0 aliphatic carbocycles. The van der Waals surface area contributed by atoms with E-state index in [9.17, 15) is 0 Å². The van der Waals surface area contributed by atoms with Crippen molar-refractivity contribution in [1.29, 1.82) is 0 Å². The van der Waals surface area contributed by atoms with Gasteiger partial charge in [0, 0.05) is 37.3 Å². The number of hydrogen-bond donors (Lipinski definition) is 1. The number of benzene rings is 1. The van der Waals surface area contributed by atoms with E-state index in [4.69, 9.17) is 4.74 Å². The van der Waals surface area contributed by atoms with E-state index in [1.54, 1.807) is 0 Å². The van der Waals surface area contributed by atoms with E-state index in [0.29, 0.717) is 5.82 Å². The van der Waals surface area contributed by atoms with Crippen molar-refractivity contribution in [2.24, 2.45) is 0 Å². The molecule has 130 valence electrons. The Labute approximate surface area is 143 Å². The number of ether oxygens (including phenoxy) is 1. The van der Waals surface area contributed by atoms with Crippen molar-refractivity contribution in [2.75, 3.05) is 39.9 Å². The van der Waals surface area contributed by atoms with E-state index in [-0.39, 0.29) is 5.54 Å². The Bertz CT molecular complexity index is 636. The Morgan fingerprint density at radius 3 is 2.79 bits per heavy atom. The lowest BCUT2D eigenvalue weighted by molar-refractivity contribution is -0.0200. The van der Waals surface area contributed by atoms with Crippen LogP contribution in [0.4, 0.5) is 0 Å². The van der Waals surface area contributed by atoms with Crippen LogP contribution < -0.4 is 0 Å². The molecule has 1 aliphatic heterocycles. The second kappa shape index (κ2) is 7.38. The maximum Gasteiger partial charge on any atom is 0.204 e. The first-order chi connectivity index (χ1) is 11.5. The zero-order chi connectivity index (χ0) is 17.0. The molecule has 0 saturated carbocycles. The fraction of sp³-hybridized carbons (Fsp3) is 0.588. The van der Waals surface area contributed by atoms with Gasteiger partial charge >= 0.3 is 0 Å². The molecular formula is C17H26N6O. The van der Waals surface area contributed by atoms with Crippen LogP contribution in [0.5, 0.6) is 0 Å². The van der Waals surface area contributed by atoms with Crippen LogP contribution in [0.25, 0.3) is 11.4 Å². The molecule has 7 heteroatoms. The van der Waals surface area contributed by atoms with Gasteiger partial charge in [0.2, 0.25) is 5.82 Å². The SMILES string of the molecule is CN(Cc1cccc(-c2nn[nH]n2)c1)CC(C)(C)N1CCOCC1. The lowest BCUT2D eigenvalue weighted by Crippen LogP contribution is -2.54. The molecular weight excluding hydrogens is 304 g/mol. The molecule has 0 unspecified atom stereocenters. The van der Waals surface area contributed by atoms with Gasteiger partial charge in [0.1, 0.15) is 0 Å². The summed E-state index contributed by atoms with van der Waals surface area (Å²) in [6.45, 7) is 10.2. The van der Waals surface area contributed by atoms with Crippen molar-refractivity contribution in [2.45, 2.75) is 25.9 Å². The average molecular weight is 330 g/mol. The monoisotopic (exact) mass is 330 g/mol. The maximum atomic E-state index is 5.47. The number of tetrazole rings is 1. The molecule has 1 aromatic heterocycles. The van der Waals surface area contributed by atoms with Crippen LogP contribution in [0.2, 0.25) is 0 Å². The summed E-state index contributed by atoms with van der Waals surface area (Å²) in [6.07, 6.45) is 0. The van der Waals surface area contributed by atoms with Crippen molar-refractivity contribution >= 4 is 0 Å². The molecule has 3 rings (SSSR count).